The molecule has 0 bridgehead atoms. The van der Waals surface area contributed by atoms with Crippen LogP contribution in [0.2, 0.25) is 0 Å². The highest BCUT2D eigenvalue weighted by Gasteiger charge is 2.47. The number of rotatable bonds is 1. The van der Waals surface area contributed by atoms with Crippen molar-refractivity contribution < 1.29 is 34.6 Å². The lowest BCUT2D eigenvalue weighted by atomic mass is 9.33. The Morgan fingerprint density at radius 2 is 1.20 bits per heavy atom. The molecule has 0 atom stereocenters. The van der Waals surface area contributed by atoms with Gasteiger partial charge in [-0.1, -0.05) is 114 Å². The van der Waals surface area contributed by atoms with Crippen molar-refractivity contribution in [1.82, 2.24) is 4.57 Å². The minimum absolute atomic E-state index is 0.00456. The number of nitrogens with zero attached hydrogens (tertiary/aromatic N) is 3. The van der Waals surface area contributed by atoms with E-state index in [1.165, 1.54) is 9.47 Å². The molecule has 5 heteroatoms. The molecule has 0 saturated carbocycles. The van der Waals surface area contributed by atoms with E-state index in [4.69, 9.17) is 12.6 Å². The van der Waals surface area contributed by atoms with E-state index in [1.54, 1.807) is 41.5 Å². The summed E-state index contributed by atoms with van der Waals surface area (Å²) >= 11 is 0. The first kappa shape index (κ1) is 16.7. The van der Waals surface area contributed by atoms with E-state index in [0.29, 0.717) is 0 Å². The van der Waals surface area contributed by atoms with Crippen LogP contribution < -0.4 is 26.2 Å². The number of para-hydroxylation sites is 4. The van der Waals surface area contributed by atoms with Crippen molar-refractivity contribution in [3.63, 3.8) is 0 Å². The fourth-order valence-corrected chi connectivity index (χ4v) is 8.13. The second-order valence-electron chi connectivity index (χ2n) is 16.1. The second-order valence-corrected chi connectivity index (χ2v) is 16.1. The van der Waals surface area contributed by atoms with Gasteiger partial charge >= 0.3 is 0 Å². The number of hydrogen-bond donors (Lipinski definition) is 0. The SMILES string of the molecule is [2H]c1c([2H])c2c3c(c1[2H])-n1c4c([2H])c([2H])c([2H])c([2H])c4c4c([2H])c([2H])c([2H])c(c41)N3c1c([2H])c(C(C)(C)C)c([2H])c3c1B2c1c([2H])c(C(C)(C)C)c([2H])c([2H])c1N3c1c([2H])c([2H])c2c(oc3c([2H])c([2H])c([2H])c([2H])c32)c1[2H]. The molecule has 0 radical (unpaired) electrons. The highest BCUT2D eigenvalue weighted by atomic mass is 16.3. The molecule has 0 unspecified atom stereocenters. The fourth-order valence-electron chi connectivity index (χ4n) is 8.13. The lowest BCUT2D eigenvalue weighted by molar-refractivity contribution is 0.590. The van der Waals surface area contributed by atoms with Gasteiger partial charge in [0.15, 0.2) is 0 Å². The van der Waals surface area contributed by atoms with E-state index >= 15 is 0 Å². The first-order chi connectivity index (χ1) is 35.8. The minimum Gasteiger partial charge on any atom is -0.456 e. The van der Waals surface area contributed by atoms with Gasteiger partial charge in [-0.2, -0.15) is 0 Å². The number of anilines is 6. The van der Waals surface area contributed by atoms with Crippen molar-refractivity contribution in [2.75, 3.05) is 9.80 Å². The lowest BCUT2D eigenvalue weighted by Gasteiger charge is -2.47. The summed E-state index contributed by atoms with van der Waals surface area (Å²) in [5.41, 5.74) is -6.46. The second kappa shape index (κ2) is 10.3. The van der Waals surface area contributed by atoms with Crippen molar-refractivity contribution in [3.05, 3.63) is 144 Å². The van der Waals surface area contributed by atoms with Crippen molar-refractivity contribution in [1.29, 1.82) is 0 Å². The highest BCUT2D eigenvalue weighted by molar-refractivity contribution is 7.00. The van der Waals surface area contributed by atoms with Gasteiger partial charge in [-0.05, 0) is 92.7 Å². The molecular weight excluding hydrogens is 669 g/mol. The van der Waals surface area contributed by atoms with Crippen LogP contribution in [0.1, 0.15) is 82.8 Å². The molecule has 0 saturated heterocycles. The van der Waals surface area contributed by atoms with E-state index in [0.717, 1.165) is 4.90 Å². The quantitative estimate of drug-likeness (QED) is 0.157. The Morgan fingerprint density at radius 3 is 2.02 bits per heavy atom. The van der Waals surface area contributed by atoms with Gasteiger partial charge in [0.1, 0.15) is 11.2 Å². The van der Waals surface area contributed by atoms with Gasteiger partial charge in [-0.25, -0.2) is 0 Å². The number of benzene rings is 7. The van der Waals surface area contributed by atoms with Crippen molar-refractivity contribution in [3.8, 4) is 5.69 Å². The molecule has 7 aromatic carbocycles. The summed E-state index contributed by atoms with van der Waals surface area (Å²) < 4.78 is 216. The lowest BCUT2D eigenvalue weighted by Crippen LogP contribution is -2.62. The van der Waals surface area contributed by atoms with Crippen molar-refractivity contribution in [2.24, 2.45) is 0 Å². The van der Waals surface area contributed by atoms with Crippen molar-refractivity contribution in [2.45, 2.75) is 52.4 Å². The molecule has 0 fully saturated rings. The Hall–Kier alpha value is -6.20. The zero-order chi connectivity index (χ0) is 56.3. The van der Waals surface area contributed by atoms with Crippen LogP contribution in [0.4, 0.5) is 34.1 Å². The molecule has 9 aromatic rings. The standard InChI is InChI=1S/C50H40BN3O/c1-49(2,3)29-21-24-39-37(25-29)51-36-16-12-19-41-48(36)54(40-18-11-15-35-32-13-7-9-17-38(32)53(41)47(35)40)43-27-30(50(4,5)6)26-42(46(43)51)52(39)31-22-23-34-33-14-8-10-20-44(33)55-45(34)28-31/h7-28H,1-6H3/i7D,8D,9D,10D,11D,12D,13D,14D,15D,16D,17D,18D,19D,20D,21D,22D,23D,24D,25D,26D,27D,28D. The Labute approximate surface area is 352 Å². The largest absolute Gasteiger partial charge is 0.456 e. The van der Waals surface area contributed by atoms with Crippen LogP contribution in [0.25, 0.3) is 49.4 Å². The first-order valence-electron chi connectivity index (χ1n) is 28.8. The third kappa shape index (κ3) is 4.03. The zero-order valence-electron chi connectivity index (χ0n) is 52.3. The molecule has 3 aliphatic heterocycles. The maximum absolute atomic E-state index is 10.4. The molecule has 0 amide bonds. The predicted octanol–water partition coefficient (Wildman–Crippen LogP) is 11.7. The third-order valence-electron chi connectivity index (χ3n) is 10.7. The fraction of sp³-hybridized carbons (Fsp3) is 0.160. The molecule has 2 aromatic heterocycles. The van der Waals surface area contributed by atoms with Gasteiger partial charge in [0, 0.05) is 50.3 Å². The first-order valence-corrected chi connectivity index (χ1v) is 17.8. The van der Waals surface area contributed by atoms with Gasteiger partial charge in [-0.3, -0.25) is 0 Å². The van der Waals surface area contributed by atoms with E-state index in [-0.39, 0.29) is 94.2 Å². The smallest absolute Gasteiger partial charge is 0.252 e. The number of furan rings is 1. The van der Waals surface area contributed by atoms with E-state index in [9.17, 15) is 21.9 Å². The summed E-state index contributed by atoms with van der Waals surface area (Å²) in [4.78, 5) is 2.42. The van der Waals surface area contributed by atoms with Crippen LogP contribution in [-0.4, -0.2) is 11.3 Å². The topological polar surface area (TPSA) is 24.6 Å². The number of fused-ring (bicyclic) bond motifs is 12. The van der Waals surface area contributed by atoms with Crippen LogP contribution in [0.5, 0.6) is 0 Å². The van der Waals surface area contributed by atoms with Gasteiger partial charge in [0.25, 0.3) is 6.71 Å². The maximum Gasteiger partial charge on any atom is 0.252 e. The average Bonchev–Trinajstić information content (AvgIpc) is 3.48. The highest BCUT2D eigenvalue weighted by Crippen LogP contribution is 2.53. The molecule has 4 nitrogen and oxygen atoms in total. The Bertz CT molecular complexity index is 4420. The molecule has 0 aliphatic carbocycles. The minimum atomic E-state index is -1.63. The van der Waals surface area contributed by atoms with E-state index in [2.05, 4.69) is 0 Å². The predicted molar refractivity (Wildman–Crippen MR) is 233 cm³/mol. The van der Waals surface area contributed by atoms with Gasteiger partial charge in [-0.15, -0.1) is 0 Å². The third-order valence-corrected chi connectivity index (χ3v) is 10.7. The molecule has 12 rings (SSSR count). The van der Waals surface area contributed by atoms with Crippen molar-refractivity contribution >= 4 is 101 Å². The molecule has 0 N–H and O–H groups in total. The Balaban J connectivity index is 1.39. The Morgan fingerprint density at radius 1 is 0.509 bits per heavy atom. The summed E-state index contributed by atoms with van der Waals surface area (Å²) in [6.07, 6.45) is 0. The van der Waals surface area contributed by atoms with Crippen LogP contribution in [0.3, 0.4) is 0 Å². The molecule has 5 heterocycles. The molecule has 0 spiro atoms. The molecule has 3 aliphatic rings. The van der Waals surface area contributed by atoms with Gasteiger partial charge < -0.3 is 18.8 Å². The Kier molecular flexibility index (Phi) is 3.12. The summed E-state index contributed by atoms with van der Waals surface area (Å²) in [6, 6.07) is -13.9. The normalized spacial score (nSPS) is 19.9. The average molecular weight is 732 g/mol. The van der Waals surface area contributed by atoms with Gasteiger partial charge in [0.05, 0.1) is 58.3 Å². The number of hydrogen-bond acceptors (Lipinski definition) is 3. The van der Waals surface area contributed by atoms with E-state index < -0.39 is 167 Å². The van der Waals surface area contributed by atoms with Crippen LogP contribution in [0.15, 0.2) is 137 Å². The maximum atomic E-state index is 10.4. The summed E-state index contributed by atoms with van der Waals surface area (Å²) in [5.74, 6) is 0. The van der Waals surface area contributed by atoms with E-state index in [1.807, 2.05) is 0 Å². The number of aromatic nitrogens is 1. The molecule has 264 valence electrons. The monoisotopic (exact) mass is 731 g/mol. The van der Waals surface area contributed by atoms with Crippen LogP contribution in [-0.2, 0) is 10.8 Å². The molecule has 55 heavy (non-hydrogen) atoms. The van der Waals surface area contributed by atoms with Gasteiger partial charge in [0.2, 0.25) is 0 Å². The summed E-state index contributed by atoms with van der Waals surface area (Å²) in [5, 5.41) is -1.09. The van der Waals surface area contributed by atoms with Crippen LogP contribution >= 0.6 is 0 Å². The summed E-state index contributed by atoms with van der Waals surface area (Å²) in [6.45, 7) is 8.56. The summed E-state index contributed by atoms with van der Waals surface area (Å²) in [7, 11) is 0. The zero-order valence-corrected chi connectivity index (χ0v) is 30.3. The molecular formula is C50H40BN3O. The van der Waals surface area contributed by atoms with Crippen LogP contribution in [0, 0.1) is 0 Å².